The van der Waals surface area contributed by atoms with Crippen LogP contribution in [-0.2, 0) is 28.2 Å². The number of benzene rings is 1. The summed E-state index contributed by atoms with van der Waals surface area (Å²) < 4.78 is 13.1. The lowest BCUT2D eigenvalue weighted by molar-refractivity contribution is -0.222. The van der Waals surface area contributed by atoms with Crippen LogP contribution >= 0.6 is 0 Å². The number of methoxy groups -OCH3 is 2. The number of hydrogen-bond acceptors (Lipinski definition) is 6. The SMILES string of the molecule is CCCCn1nc(C(CC)(OC)OC)nc1Cc1ccc(-c2ccccc2C(=O)O)cn1. The van der Waals surface area contributed by atoms with Gasteiger partial charge in [0.05, 0.1) is 5.56 Å². The average Bonchev–Trinajstić information content (AvgIpc) is 3.22. The lowest BCUT2D eigenvalue weighted by Gasteiger charge is -2.26. The summed E-state index contributed by atoms with van der Waals surface area (Å²) in [7, 11) is 3.18. The Kier molecular flexibility index (Phi) is 7.71. The molecular weight excluding hydrogens is 408 g/mol. The first kappa shape index (κ1) is 23.6. The third-order valence-corrected chi connectivity index (χ3v) is 5.57. The first-order valence-electron chi connectivity index (χ1n) is 10.8. The van der Waals surface area contributed by atoms with E-state index in [-0.39, 0.29) is 5.56 Å². The van der Waals surface area contributed by atoms with Crippen molar-refractivity contribution in [3.8, 4) is 11.1 Å². The van der Waals surface area contributed by atoms with Crippen LogP contribution in [0.3, 0.4) is 0 Å². The van der Waals surface area contributed by atoms with Crippen LogP contribution in [0.4, 0.5) is 0 Å². The molecule has 3 aromatic rings. The van der Waals surface area contributed by atoms with E-state index >= 15 is 0 Å². The molecule has 2 heterocycles. The van der Waals surface area contributed by atoms with Crippen LogP contribution in [0.5, 0.6) is 0 Å². The van der Waals surface area contributed by atoms with Gasteiger partial charge < -0.3 is 14.6 Å². The van der Waals surface area contributed by atoms with E-state index in [1.807, 2.05) is 29.8 Å². The largest absolute Gasteiger partial charge is 0.478 e. The zero-order valence-corrected chi connectivity index (χ0v) is 19.0. The zero-order valence-electron chi connectivity index (χ0n) is 19.0. The highest BCUT2D eigenvalue weighted by atomic mass is 16.7. The fourth-order valence-corrected chi connectivity index (χ4v) is 3.64. The quantitative estimate of drug-likeness (QED) is 0.446. The van der Waals surface area contributed by atoms with Crippen molar-refractivity contribution in [1.82, 2.24) is 19.7 Å². The molecule has 170 valence electrons. The van der Waals surface area contributed by atoms with Gasteiger partial charge in [-0.15, -0.1) is 0 Å². The molecule has 0 fully saturated rings. The topological polar surface area (TPSA) is 99.4 Å². The van der Waals surface area contributed by atoms with Crippen LogP contribution in [0, 0.1) is 0 Å². The Morgan fingerprint density at radius 2 is 1.88 bits per heavy atom. The molecule has 0 saturated carbocycles. The number of ether oxygens (including phenoxy) is 2. The molecule has 0 unspecified atom stereocenters. The molecule has 0 radical (unpaired) electrons. The summed E-state index contributed by atoms with van der Waals surface area (Å²) in [4.78, 5) is 20.8. The molecule has 8 heteroatoms. The molecule has 8 nitrogen and oxygen atoms in total. The summed E-state index contributed by atoms with van der Waals surface area (Å²) in [6.07, 6.45) is 4.79. The number of pyridine rings is 1. The number of aromatic carboxylic acids is 1. The fraction of sp³-hybridized carbons (Fsp3) is 0.417. The van der Waals surface area contributed by atoms with Crippen LogP contribution in [-0.4, -0.2) is 45.0 Å². The number of aryl methyl sites for hydroxylation is 1. The Labute approximate surface area is 188 Å². The molecule has 1 N–H and O–H groups in total. The number of hydrogen-bond donors (Lipinski definition) is 1. The third-order valence-electron chi connectivity index (χ3n) is 5.57. The van der Waals surface area contributed by atoms with Crippen molar-refractivity contribution in [2.75, 3.05) is 14.2 Å². The molecule has 0 spiro atoms. The summed E-state index contributed by atoms with van der Waals surface area (Å²) in [5, 5.41) is 14.1. The first-order valence-corrected chi connectivity index (χ1v) is 10.8. The van der Waals surface area contributed by atoms with Gasteiger partial charge in [-0.2, -0.15) is 5.10 Å². The van der Waals surface area contributed by atoms with Gasteiger partial charge in [0.15, 0.2) is 0 Å². The smallest absolute Gasteiger partial charge is 0.336 e. The number of carboxylic acid groups (broad SMARTS) is 1. The summed E-state index contributed by atoms with van der Waals surface area (Å²) in [5.41, 5.74) is 2.46. The van der Waals surface area contributed by atoms with Gasteiger partial charge in [0.2, 0.25) is 11.6 Å². The lowest BCUT2D eigenvalue weighted by Crippen LogP contribution is -2.31. The van der Waals surface area contributed by atoms with Crippen LogP contribution in [0.25, 0.3) is 11.1 Å². The molecule has 0 amide bonds. The molecule has 0 atom stereocenters. The molecule has 0 aliphatic heterocycles. The van der Waals surface area contributed by atoms with E-state index in [4.69, 9.17) is 14.5 Å². The van der Waals surface area contributed by atoms with Gasteiger partial charge in [-0.05, 0) is 24.1 Å². The van der Waals surface area contributed by atoms with Crippen LogP contribution in [0.1, 0.15) is 60.8 Å². The van der Waals surface area contributed by atoms with E-state index in [0.29, 0.717) is 24.2 Å². The van der Waals surface area contributed by atoms with Crippen LogP contribution < -0.4 is 0 Å². The predicted molar refractivity (Wildman–Crippen MR) is 120 cm³/mol. The predicted octanol–water partition coefficient (Wildman–Crippen LogP) is 4.28. The monoisotopic (exact) mass is 438 g/mol. The fourth-order valence-electron chi connectivity index (χ4n) is 3.64. The number of unbranched alkanes of at least 4 members (excludes halogenated alkanes) is 1. The molecule has 0 aliphatic carbocycles. The van der Waals surface area contributed by atoms with E-state index in [1.165, 1.54) is 0 Å². The molecule has 1 aromatic carbocycles. The van der Waals surface area contributed by atoms with Crippen molar-refractivity contribution < 1.29 is 19.4 Å². The molecular formula is C24H30N4O4. The summed E-state index contributed by atoms with van der Waals surface area (Å²) in [6, 6.07) is 10.7. The Bertz CT molecular complexity index is 1030. The lowest BCUT2D eigenvalue weighted by atomic mass is 10.0. The Balaban J connectivity index is 1.90. The highest BCUT2D eigenvalue weighted by Crippen LogP contribution is 2.28. The molecule has 0 bridgehead atoms. The number of aromatic nitrogens is 4. The van der Waals surface area contributed by atoms with Crippen molar-refractivity contribution in [2.45, 2.75) is 51.9 Å². The van der Waals surface area contributed by atoms with E-state index in [2.05, 4.69) is 17.0 Å². The van der Waals surface area contributed by atoms with Crippen LogP contribution in [0.15, 0.2) is 42.6 Å². The van der Waals surface area contributed by atoms with Gasteiger partial charge in [-0.1, -0.05) is 44.5 Å². The standard InChI is InChI=1S/C24H30N4O4/c1-5-7-14-28-21(26-23(27-28)24(6-2,31-3)32-4)15-18-13-12-17(16-25-18)19-10-8-9-11-20(19)22(29)30/h8-13,16H,5-7,14-15H2,1-4H3,(H,29,30). The van der Waals surface area contributed by atoms with E-state index in [0.717, 1.165) is 36.5 Å². The van der Waals surface area contributed by atoms with Gasteiger partial charge in [0.1, 0.15) is 5.82 Å². The maximum absolute atomic E-state index is 11.5. The van der Waals surface area contributed by atoms with Crippen molar-refractivity contribution in [2.24, 2.45) is 0 Å². The Morgan fingerprint density at radius 3 is 2.47 bits per heavy atom. The number of carboxylic acids is 1. The minimum Gasteiger partial charge on any atom is -0.478 e. The maximum Gasteiger partial charge on any atom is 0.336 e. The minimum atomic E-state index is -0.982. The molecule has 2 aromatic heterocycles. The second kappa shape index (κ2) is 10.5. The zero-order chi connectivity index (χ0) is 23.1. The van der Waals surface area contributed by atoms with Gasteiger partial charge >= 0.3 is 5.97 Å². The summed E-state index contributed by atoms with van der Waals surface area (Å²) in [6.45, 7) is 4.85. The maximum atomic E-state index is 11.5. The Morgan fingerprint density at radius 1 is 1.12 bits per heavy atom. The summed E-state index contributed by atoms with van der Waals surface area (Å²) >= 11 is 0. The highest BCUT2D eigenvalue weighted by molar-refractivity contribution is 5.95. The van der Waals surface area contributed by atoms with Gasteiger partial charge in [-0.3, -0.25) is 4.98 Å². The van der Waals surface area contributed by atoms with Gasteiger partial charge in [-0.25, -0.2) is 14.5 Å². The average molecular weight is 439 g/mol. The van der Waals surface area contributed by atoms with Crippen molar-refractivity contribution >= 4 is 5.97 Å². The molecule has 0 saturated heterocycles. The van der Waals surface area contributed by atoms with Crippen LogP contribution in [0.2, 0.25) is 0 Å². The second-order valence-electron chi connectivity index (χ2n) is 7.51. The normalized spacial score (nSPS) is 11.6. The van der Waals surface area contributed by atoms with Crippen molar-refractivity contribution in [1.29, 1.82) is 0 Å². The van der Waals surface area contributed by atoms with E-state index < -0.39 is 11.8 Å². The number of nitrogens with zero attached hydrogens (tertiary/aromatic N) is 4. The summed E-state index contributed by atoms with van der Waals surface area (Å²) in [5.74, 6) is -0.657. The third kappa shape index (κ3) is 4.87. The first-order chi connectivity index (χ1) is 15.5. The highest BCUT2D eigenvalue weighted by Gasteiger charge is 2.35. The minimum absolute atomic E-state index is 0.251. The van der Waals surface area contributed by atoms with Crippen molar-refractivity contribution in [3.05, 3.63) is 65.5 Å². The van der Waals surface area contributed by atoms with Gasteiger partial charge in [0, 0.05) is 51.1 Å². The second-order valence-corrected chi connectivity index (χ2v) is 7.51. The number of carbonyl (C=O) groups is 1. The molecule has 32 heavy (non-hydrogen) atoms. The van der Waals surface area contributed by atoms with E-state index in [1.54, 1.807) is 38.6 Å². The van der Waals surface area contributed by atoms with Gasteiger partial charge in [0.25, 0.3) is 0 Å². The molecule has 3 rings (SSSR count). The Hall–Kier alpha value is -3.10. The van der Waals surface area contributed by atoms with E-state index in [9.17, 15) is 9.90 Å². The molecule has 0 aliphatic rings. The van der Waals surface area contributed by atoms with Crippen molar-refractivity contribution in [3.63, 3.8) is 0 Å². The number of rotatable bonds is 11.